The molecule has 0 bridgehead atoms. The summed E-state index contributed by atoms with van der Waals surface area (Å²) in [5, 5.41) is 0. The zero-order valence-electron chi connectivity index (χ0n) is 15.8. The van der Waals surface area contributed by atoms with Crippen molar-refractivity contribution in [1.82, 2.24) is 4.90 Å². The molecule has 1 amide bonds. The van der Waals surface area contributed by atoms with E-state index >= 15 is 0 Å². The number of rotatable bonds is 7. The first-order chi connectivity index (χ1) is 12.3. The summed E-state index contributed by atoms with van der Waals surface area (Å²) in [5.41, 5.74) is 2.36. The molecule has 0 aliphatic carbocycles. The molecule has 0 aliphatic rings. The fraction of sp³-hybridized carbons (Fsp3) is 0.350. The summed E-state index contributed by atoms with van der Waals surface area (Å²) in [6, 6.07) is 13.7. The number of amides is 1. The molecule has 0 saturated heterocycles. The molecule has 0 aromatic heterocycles. The van der Waals surface area contributed by atoms with Crippen LogP contribution >= 0.6 is 0 Å². The van der Waals surface area contributed by atoms with E-state index in [4.69, 9.17) is 0 Å². The minimum atomic E-state index is -3.85. The molecule has 0 unspecified atom stereocenters. The van der Waals surface area contributed by atoms with Crippen LogP contribution in [0, 0.1) is 13.8 Å². The Morgan fingerprint density at radius 2 is 1.54 bits per heavy atom. The van der Waals surface area contributed by atoms with E-state index in [2.05, 4.69) is 0 Å². The van der Waals surface area contributed by atoms with Crippen LogP contribution in [0.5, 0.6) is 0 Å². The molecule has 2 rings (SSSR count). The van der Waals surface area contributed by atoms with Gasteiger partial charge in [0.05, 0.1) is 10.6 Å². The van der Waals surface area contributed by atoms with Gasteiger partial charge in [-0.1, -0.05) is 30.3 Å². The number of aryl methyl sites for hydroxylation is 1. The Labute approximate surface area is 156 Å². The molecule has 2 aromatic rings. The van der Waals surface area contributed by atoms with E-state index in [1.54, 1.807) is 41.3 Å². The van der Waals surface area contributed by atoms with Crippen LogP contribution < -0.4 is 4.31 Å². The second-order valence-electron chi connectivity index (χ2n) is 6.11. The predicted molar refractivity (Wildman–Crippen MR) is 105 cm³/mol. The molecule has 140 valence electrons. The summed E-state index contributed by atoms with van der Waals surface area (Å²) in [6.45, 7) is 8.44. The van der Waals surface area contributed by atoms with Crippen molar-refractivity contribution in [3.63, 3.8) is 0 Å². The summed E-state index contributed by atoms with van der Waals surface area (Å²) >= 11 is 0. The Morgan fingerprint density at radius 1 is 0.923 bits per heavy atom. The van der Waals surface area contributed by atoms with Gasteiger partial charge in [-0.3, -0.25) is 9.10 Å². The highest BCUT2D eigenvalue weighted by atomic mass is 32.2. The lowest BCUT2D eigenvalue weighted by molar-refractivity contribution is -0.129. The van der Waals surface area contributed by atoms with Gasteiger partial charge in [0.1, 0.15) is 6.54 Å². The third-order valence-electron chi connectivity index (χ3n) is 4.57. The Bertz CT molecular complexity index is 860. The number of likely N-dealkylation sites (N-methyl/N-ethyl adjacent to an activating group) is 1. The summed E-state index contributed by atoms with van der Waals surface area (Å²) in [7, 11) is -3.85. The molecule has 0 spiro atoms. The molecular weight excluding hydrogens is 348 g/mol. The lowest BCUT2D eigenvalue weighted by atomic mass is 10.1. The molecule has 2 aromatic carbocycles. The molecule has 0 aliphatic heterocycles. The van der Waals surface area contributed by atoms with Gasteiger partial charge in [-0.2, -0.15) is 0 Å². The van der Waals surface area contributed by atoms with Crippen LogP contribution in [0.15, 0.2) is 53.4 Å². The first-order valence-corrected chi connectivity index (χ1v) is 10.2. The molecule has 0 heterocycles. The summed E-state index contributed by atoms with van der Waals surface area (Å²) in [4.78, 5) is 14.5. The minimum Gasteiger partial charge on any atom is -0.342 e. The van der Waals surface area contributed by atoms with Gasteiger partial charge in [-0.25, -0.2) is 8.42 Å². The van der Waals surface area contributed by atoms with Gasteiger partial charge in [-0.15, -0.1) is 0 Å². The average molecular weight is 375 g/mol. The van der Waals surface area contributed by atoms with Gasteiger partial charge in [0.15, 0.2) is 0 Å². The average Bonchev–Trinajstić information content (AvgIpc) is 2.64. The van der Waals surface area contributed by atoms with Gasteiger partial charge in [0.2, 0.25) is 5.91 Å². The van der Waals surface area contributed by atoms with Crippen LogP contribution in [0.25, 0.3) is 0 Å². The van der Waals surface area contributed by atoms with Crippen LogP contribution in [-0.2, 0) is 14.8 Å². The van der Waals surface area contributed by atoms with Gasteiger partial charge in [0, 0.05) is 13.1 Å². The predicted octanol–water partition coefficient (Wildman–Crippen LogP) is 3.37. The molecule has 0 fully saturated rings. The van der Waals surface area contributed by atoms with Gasteiger partial charge in [-0.05, 0) is 57.0 Å². The first kappa shape index (κ1) is 20.0. The van der Waals surface area contributed by atoms with E-state index < -0.39 is 10.0 Å². The second kappa shape index (κ2) is 8.36. The van der Waals surface area contributed by atoms with Crippen LogP contribution in [0.4, 0.5) is 5.69 Å². The number of anilines is 1. The smallest absolute Gasteiger partial charge is 0.264 e. The van der Waals surface area contributed by atoms with Gasteiger partial charge < -0.3 is 4.90 Å². The van der Waals surface area contributed by atoms with Crippen LogP contribution in [0.1, 0.15) is 25.0 Å². The molecule has 26 heavy (non-hydrogen) atoms. The van der Waals surface area contributed by atoms with Crippen molar-refractivity contribution in [3.8, 4) is 0 Å². The topological polar surface area (TPSA) is 57.7 Å². The number of hydrogen-bond donors (Lipinski definition) is 0. The summed E-state index contributed by atoms with van der Waals surface area (Å²) in [6.07, 6.45) is 0. The molecule has 5 nitrogen and oxygen atoms in total. The maximum Gasteiger partial charge on any atom is 0.264 e. The SMILES string of the molecule is CCN(CC)C(=O)CN(c1cccc(C)c1C)S(=O)(=O)c1ccccc1. The van der Waals surface area contributed by atoms with E-state index in [0.717, 1.165) is 11.1 Å². The molecule has 0 saturated carbocycles. The molecular formula is C20H26N2O3S. The van der Waals surface area contributed by atoms with Crippen molar-refractivity contribution in [2.45, 2.75) is 32.6 Å². The van der Waals surface area contributed by atoms with E-state index in [1.165, 1.54) is 4.31 Å². The van der Waals surface area contributed by atoms with Gasteiger partial charge >= 0.3 is 0 Å². The fourth-order valence-corrected chi connectivity index (χ4v) is 4.32. The molecule has 6 heteroatoms. The summed E-state index contributed by atoms with van der Waals surface area (Å²) in [5.74, 6) is -0.213. The van der Waals surface area contributed by atoms with Crippen molar-refractivity contribution >= 4 is 21.6 Å². The lowest BCUT2D eigenvalue weighted by Crippen LogP contribution is -2.43. The number of carbonyl (C=O) groups is 1. The number of benzene rings is 2. The molecule has 0 radical (unpaired) electrons. The van der Waals surface area contributed by atoms with Crippen molar-refractivity contribution in [3.05, 3.63) is 59.7 Å². The lowest BCUT2D eigenvalue weighted by Gasteiger charge is -2.28. The van der Waals surface area contributed by atoms with E-state index in [0.29, 0.717) is 18.8 Å². The maximum absolute atomic E-state index is 13.3. The van der Waals surface area contributed by atoms with E-state index in [-0.39, 0.29) is 17.3 Å². The van der Waals surface area contributed by atoms with Crippen LogP contribution in [0.3, 0.4) is 0 Å². The van der Waals surface area contributed by atoms with Gasteiger partial charge in [0.25, 0.3) is 10.0 Å². The molecule has 0 atom stereocenters. The quantitative estimate of drug-likeness (QED) is 0.747. The van der Waals surface area contributed by atoms with E-state index in [9.17, 15) is 13.2 Å². The first-order valence-electron chi connectivity index (χ1n) is 8.74. The Hall–Kier alpha value is -2.34. The third kappa shape index (κ3) is 4.07. The third-order valence-corrected chi connectivity index (χ3v) is 6.34. The fourth-order valence-electron chi connectivity index (χ4n) is 2.82. The number of nitrogens with zero attached hydrogens (tertiary/aromatic N) is 2. The molecule has 0 N–H and O–H groups in total. The zero-order valence-corrected chi connectivity index (χ0v) is 16.6. The number of hydrogen-bond acceptors (Lipinski definition) is 3. The van der Waals surface area contributed by atoms with Crippen molar-refractivity contribution in [2.24, 2.45) is 0 Å². The Morgan fingerprint density at radius 3 is 2.12 bits per heavy atom. The van der Waals surface area contributed by atoms with Crippen LogP contribution in [-0.4, -0.2) is 38.9 Å². The highest BCUT2D eigenvalue weighted by molar-refractivity contribution is 7.92. The second-order valence-corrected chi connectivity index (χ2v) is 7.97. The normalized spacial score (nSPS) is 11.2. The Kier molecular flexibility index (Phi) is 6.42. The van der Waals surface area contributed by atoms with Crippen molar-refractivity contribution in [1.29, 1.82) is 0 Å². The van der Waals surface area contributed by atoms with E-state index in [1.807, 2.05) is 39.8 Å². The van der Waals surface area contributed by atoms with Crippen LogP contribution in [0.2, 0.25) is 0 Å². The monoisotopic (exact) mass is 374 g/mol. The van der Waals surface area contributed by atoms with Crippen molar-refractivity contribution in [2.75, 3.05) is 23.9 Å². The minimum absolute atomic E-state index is 0.174. The largest absolute Gasteiger partial charge is 0.342 e. The maximum atomic E-state index is 13.3. The Balaban J connectivity index is 2.56. The standard InChI is InChI=1S/C20H26N2O3S/c1-5-21(6-2)20(23)15-22(19-14-10-11-16(3)17(19)4)26(24,25)18-12-8-7-9-13-18/h7-14H,5-6,15H2,1-4H3. The highest BCUT2D eigenvalue weighted by Crippen LogP contribution is 2.28. The van der Waals surface area contributed by atoms with Crippen molar-refractivity contribution < 1.29 is 13.2 Å². The number of sulfonamides is 1. The summed E-state index contributed by atoms with van der Waals surface area (Å²) < 4.78 is 27.8. The zero-order chi connectivity index (χ0) is 19.3. The highest BCUT2D eigenvalue weighted by Gasteiger charge is 2.29. The number of carbonyl (C=O) groups excluding carboxylic acids is 1.